The molecule has 6 heteroatoms. The van der Waals surface area contributed by atoms with Crippen molar-refractivity contribution in [1.29, 1.82) is 0 Å². The molecular formula is C17H36N2O3Si. The van der Waals surface area contributed by atoms with Gasteiger partial charge in [-0.3, -0.25) is 0 Å². The van der Waals surface area contributed by atoms with E-state index in [4.69, 9.17) is 14.9 Å². The molecule has 5 nitrogen and oxygen atoms in total. The van der Waals surface area contributed by atoms with Crippen LogP contribution in [0.5, 0.6) is 0 Å². The summed E-state index contributed by atoms with van der Waals surface area (Å²) < 4.78 is 12.1. The number of hydrogen-bond donors (Lipinski definition) is 1. The Kier molecular flexibility index (Phi) is 6.32. The Morgan fingerprint density at radius 3 is 2.22 bits per heavy atom. The molecule has 0 aromatic rings. The maximum Gasteiger partial charge on any atom is 0.410 e. The minimum atomic E-state index is -1.90. The van der Waals surface area contributed by atoms with Crippen LogP contribution >= 0.6 is 0 Å². The van der Waals surface area contributed by atoms with Crippen LogP contribution in [0.2, 0.25) is 18.1 Å². The Bertz CT molecular complexity index is 413. The van der Waals surface area contributed by atoms with Crippen LogP contribution in [0, 0.1) is 5.92 Å². The smallest absolute Gasteiger partial charge is 0.410 e. The van der Waals surface area contributed by atoms with Crippen molar-refractivity contribution >= 4 is 14.4 Å². The number of hydrogen-bond acceptors (Lipinski definition) is 4. The van der Waals surface area contributed by atoms with E-state index in [1.165, 1.54) is 0 Å². The summed E-state index contributed by atoms with van der Waals surface area (Å²) in [4.78, 5) is 14.1. The third-order valence-electron chi connectivity index (χ3n) is 4.90. The van der Waals surface area contributed by atoms with E-state index in [1.54, 1.807) is 4.90 Å². The lowest BCUT2D eigenvalue weighted by atomic mass is 9.94. The number of nitrogens with two attached hydrogens (primary N) is 1. The van der Waals surface area contributed by atoms with Crippen LogP contribution in [-0.2, 0) is 9.16 Å². The molecule has 0 saturated carbocycles. The standard InChI is InChI=1S/C17H36N2O3Si/c1-16(2,3)21-15(20)19-10-9-13(11-18)14(12-19)22-23(7,8)17(4,5)6/h13-14H,9-12,18H2,1-8H3. The van der Waals surface area contributed by atoms with Crippen LogP contribution in [0.1, 0.15) is 48.0 Å². The minimum Gasteiger partial charge on any atom is -0.444 e. The summed E-state index contributed by atoms with van der Waals surface area (Å²) >= 11 is 0. The Balaban J connectivity index is 2.81. The molecule has 1 aliphatic rings. The van der Waals surface area contributed by atoms with Crippen molar-refractivity contribution in [1.82, 2.24) is 4.90 Å². The van der Waals surface area contributed by atoms with Crippen LogP contribution < -0.4 is 5.73 Å². The molecule has 23 heavy (non-hydrogen) atoms. The lowest BCUT2D eigenvalue weighted by Gasteiger charge is -2.45. The quantitative estimate of drug-likeness (QED) is 0.795. The van der Waals surface area contributed by atoms with Gasteiger partial charge in [-0.1, -0.05) is 20.8 Å². The zero-order valence-electron chi connectivity index (χ0n) is 16.2. The fourth-order valence-corrected chi connectivity index (χ4v) is 3.79. The number of ether oxygens (including phenoxy) is 1. The average Bonchev–Trinajstić information content (AvgIpc) is 2.34. The summed E-state index contributed by atoms with van der Waals surface area (Å²) in [5, 5.41) is 0.139. The fraction of sp³-hybridized carbons (Fsp3) is 0.941. The van der Waals surface area contributed by atoms with Crippen molar-refractivity contribution in [3.8, 4) is 0 Å². The first-order valence-corrected chi connectivity index (χ1v) is 11.5. The number of amides is 1. The Labute approximate surface area is 143 Å². The van der Waals surface area contributed by atoms with Crippen LogP contribution in [0.3, 0.4) is 0 Å². The highest BCUT2D eigenvalue weighted by molar-refractivity contribution is 6.74. The third-order valence-corrected chi connectivity index (χ3v) is 9.41. The summed E-state index contributed by atoms with van der Waals surface area (Å²) in [5.74, 6) is 0.308. The molecule has 1 rings (SSSR count). The molecule has 1 heterocycles. The van der Waals surface area contributed by atoms with Crippen LogP contribution in [-0.4, -0.2) is 50.6 Å². The number of piperidine rings is 1. The second-order valence-electron chi connectivity index (χ2n) is 9.13. The normalized spacial score (nSPS) is 23.8. The number of carbonyl (C=O) groups excluding carboxylic acids is 1. The van der Waals surface area contributed by atoms with Crippen molar-refractivity contribution in [3.05, 3.63) is 0 Å². The van der Waals surface area contributed by atoms with Gasteiger partial charge < -0.3 is 19.8 Å². The molecule has 0 radical (unpaired) electrons. The molecule has 0 aromatic carbocycles. The van der Waals surface area contributed by atoms with Gasteiger partial charge in [0.25, 0.3) is 0 Å². The summed E-state index contributed by atoms with van der Waals surface area (Å²) in [6, 6.07) is 0. The zero-order chi connectivity index (χ0) is 18.1. The number of likely N-dealkylation sites (tertiary alicyclic amines) is 1. The molecule has 2 N–H and O–H groups in total. The van der Waals surface area contributed by atoms with Crippen molar-refractivity contribution in [2.24, 2.45) is 11.7 Å². The molecular weight excluding hydrogens is 308 g/mol. The summed E-state index contributed by atoms with van der Waals surface area (Å²) in [7, 11) is -1.90. The number of rotatable bonds is 3. The van der Waals surface area contributed by atoms with E-state index in [2.05, 4.69) is 33.9 Å². The molecule has 1 saturated heterocycles. The Hall–Kier alpha value is -0.593. The molecule has 136 valence electrons. The average molecular weight is 345 g/mol. The minimum absolute atomic E-state index is 0.00200. The van der Waals surface area contributed by atoms with Gasteiger partial charge in [0, 0.05) is 13.1 Å². The van der Waals surface area contributed by atoms with E-state index in [-0.39, 0.29) is 17.2 Å². The highest BCUT2D eigenvalue weighted by atomic mass is 28.4. The van der Waals surface area contributed by atoms with Crippen LogP contribution in [0.4, 0.5) is 4.79 Å². The predicted octanol–water partition coefficient (Wildman–Crippen LogP) is 3.59. The lowest BCUT2D eigenvalue weighted by Crippen LogP contribution is -2.55. The van der Waals surface area contributed by atoms with Gasteiger partial charge in [0.1, 0.15) is 5.60 Å². The first kappa shape index (κ1) is 20.5. The monoisotopic (exact) mass is 344 g/mol. The zero-order valence-corrected chi connectivity index (χ0v) is 17.2. The predicted molar refractivity (Wildman–Crippen MR) is 97.0 cm³/mol. The van der Waals surface area contributed by atoms with Gasteiger partial charge in [0.05, 0.1) is 6.10 Å². The molecule has 0 spiro atoms. The van der Waals surface area contributed by atoms with Crippen LogP contribution in [0.15, 0.2) is 0 Å². The van der Waals surface area contributed by atoms with Gasteiger partial charge >= 0.3 is 6.09 Å². The molecule has 2 unspecified atom stereocenters. The van der Waals surface area contributed by atoms with Gasteiger partial charge in [0.15, 0.2) is 8.32 Å². The maximum absolute atomic E-state index is 12.3. The van der Waals surface area contributed by atoms with E-state index in [0.717, 1.165) is 6.42 Å². The van der Waals surface area contributed by atoms with E-state index < -0.39 is 13.9 Å². The summed E-state index contributed by atoms with van der Waals surface area (Å²) in [6.45, 7) is 18.7. The Morgan fingerprint density at radius 1 is 1.22 bits per heavy atom. The van der Waals surface area contributed by atoms with Gasteiger partial charge in [0.2, 0.25) is 0 Å². The third kappa shape index (κ3) is 5.76. The van der Waals surface area contributed by atoms with E-state index in [1.807, 2.05) is 20.8 Å². The van der Waals surface area contributed by atoms with Crippen molar-refractivity contribution in [2.45, 2.75) is 77.8 Å². The molecule has 1 amide bonds. The van der Waals surface area contributed by atoms with Crippen molar-refractivity contribution < 1.29 is 14.0 Å². The second kappa shape index (κ2) is 7.11. The van der Waals surface area contributed by atoms with E-state index in [0.29, 0.717) is 25.6 Å². The summed E-state index contributed by atoms with van der Waals surface area (Å²) in [6.07, 6.45) is 0.619. The molecule has 0 aromatic heterocycles. The molecule has 1 fully saturated rings. The molecule has 0 bridgehead atoms. The molecule has 2 atom stereocenters. The van der Waals surface area contributed by atoms with Gasteiger partial charge in [-0.2, -0.15) is 0 Å². The van der Waals surface area contributed by atoms with Crippen LogP contribution in [0.25, 0.3) is 0 Å². The van der Waals surface area contributed by atoms with E-state index >= 15 is 0 Å². The van der Waals surface area contributed by atoms with Crippen molar-refractivity contribution in [2.75, 3.05) is 19.6 Å². The fourth-order valence-electron chi connectivity index (χ4n) is 2.42. The van der Waals surface area contributed by atoms with Gasteiger partial charge in [-0.05, 0) is 57.8 Å². The molecule has 1 aliphatic heterocycles. The highest BCUT2D eigenvalue weighted by Crippen LogP contribution is 2.39. The number of carbonyl (C=O) groups is 1. The van der Waals surface area contributed by atoms with Crippen molar-refractivity contribution in [3.63, 3.8) is 0 Å². The first-order valence-electron chi connectivity index (χ1n) is 8.62. The topological polar surface area (TPSA) is 64.8 Å². The lowest BCUT2D eigenvalue weighted by molar-refractivity contribution is -0.00751. The summed E-state index contributed by atoms with van der Waals surface area (Å²) in [5.41, 5.74) is 5.47. The van der Waals surface area contributed by atoms with Gasteiger partial charge in [-0.15, -0.1) is 0 Å². The number of nitrogens with zero attached hydrogens (tertiary/aromatic N) is 1. The van der Waals surface area contributed by atoms with E-state index in [9.17, 15) is 4.79 Å². The maximum atomic E-state index is 12.3. The highest BCUT2D eigenvalue weighted by Gasteiger charge is 2.42. The first-order chi connectivity index (χ1) is 10.3. The van der Waals surface area contributed by atoms with Gasteiger partial charge in [-0.25, -0.2) is 4.79 Å². The molecule has 0 aliphatic carbocycles. The Morgan fingerprint density at radius 2 is 1.78 bits per heavy atom. The second-order valence-corrected chi connectivity index (χ2v) is 13.9. The SMILES string of the molecule is CC(C)(C)OC(=O)N1CCC(CN)C(O[Si](C)(C)C(C)(C)C)C1. The largest absolute Gasteiger partial charge is 0.444 e.